The minimum atomic E-state index is -1.31. The molecule has 3 heteroatoms. The predicted octanol–water partition coefficient (Wildman–Crippen LogP) is 4.33. The van der Waals surface area contributed by atoms with Crippen LogP contribution in [0.15, 0.2) is 22.7 Å². The highest BCUT2D eigenvalue weighted by Crippen LogP contribution is 2.20. The molecule has 0 heterocycles. The minimum Gasteiger partial charge on any atom is -0.127 e. The Kier molecular flexibility index (Phi) is 3.83. The summed E-state index contributed by atoms with van der Waals surface area (Å²) < 4.78 is 1.01. The van der Waals surface area contributed by atoms with Crippen molar-refractivity contribution in [2.24, 2.45) is 0 Å². The lowest BCUT2D eigenvalue weighted by atomic mass is 10.2. The van der Waals surface area contributed by atoms with Gasteiger partial charge in [-0.1, -0.05) is 37.2 Å². The van der Waals surface area contributed by atoms with E-state index in [-0.39, 0.29) is 0 Å². The molecular formula is C11H12BrClSi. The van der Waals surface area contributed by atoms with Crippen molar-refractivity contribution in [3.63, 3.8) is 0 Å². The molecule has 0 fully saturated rings. The van der Waals surface area contributed by atoms with Gasteiger partial charge in [0.15, 0.2) is 0 Å². The molecule has 14 heavy (non-hydrogen) atoms. The predicted molar refractivity (Wildman–Crippen MR) is 69.4 cm³/mol. The SMILES string of the molecule is C[Si](C)(C)C#Cc1cc(Cl)ccc1Br. The number of benzene rings is 1. The third-order valence-electron chi connectivity index (χ3n) is 1.50. The number of hydrogen-bond acceptors (Lipinski definition) is 0. The van der Waals surface area contributed by atoms with E-state index in [1.807, 2.05) is 18.2 Å². The molecule has 0 radical (unpaired) electrons. The largest absolute Gasteiger partial charge is 0.129 e. The van der Waals surface area contributed by atoms with E-state index >= 15 is 0 Å². The Morgan fingerprint density at radius 2 is 1.93 bits per heavy atom. The van der Waals surface area contributed by atoms with Gasteiger partial charge < -0.3 is 0 Å². The fraction of sp³-hybridized carbons (Fsp3) is 0.273. The molecule has 0 unspecified atom stereocenters. The second kappa shape index (κ2) is 4.52. The lowest BCUT2D eigenvalue weighted by Gasteiger charge is -2.04. The summed E-state index contributed by atoms with van der Waals surface area (Å²) >= 11 is 9.34. The van der Waals surface area contributed by atoms with Gasteiger partial charge in [0.05, 0.1) is 0 Å². The van der Waals surface area contributed by atoms with Crippen LogP contribution in [0.4, 0.5) is 0 Å². The average Bonchev–Trinajstić information content (AvgIpc) is 2.05. The second-order valence-corrected chi connectivity index (χ2v) is 10.2. The third kappa shape index (κ3) is 3.87. The van der Waals surface area contributed by atoms with Gasteiger partial charge >= 0.3 is 0 Å². The van der Waals surface area contributed by atoms with Crippen molar-refractivity contribution in [1.82, 2.24) is 0 Å². The van der Waals surface area contributed by atoms with Crippen LogP contribution in [0, 0.1) is 11.5 Å². The summed E-state index contributed by atoms with van der Waals surface area (Å²) in [6, 6.07) is 5.67. The molecule has 0 aliphatic heterocycles. The highest BCUT2D eigenvalue weighted by molar-refractivity contribution is 9.10. The molecular weight excluding hydrogens is 276 g/mol. The smallest absolute Gasteiger partial charge is 0.127 e. The zero-order valence-electron chi connectivity index (χ0n) is 8.49. The Bertz CT molecular complexity index is 396. The summed E-state index contributed by atoms with van der Waals surface area (Å²) in [6.07, 6.45) is 0. The summed E-state index contributed by atoms with van der Waals surface area (Å²) in [4.78, 5) is 0. The van der Waals surface area contributed by atoms with Crippen molar-refractivity contribution in [3.8, 4) is 11.5 Å². The highest BCUT2D eigenvalue weighted by Gasteiger charge is 2.07. The van der Waals surface area contributed by atoms with Crippen LogP contribution in [0.3, 0.4) is 0 Å². The van der Waals surface area contributed by atoms with Gasteiger partial charge in [-0.25, -0.2) is 0 Å². The maximum absolute atomic E-state index is 5.89. The maximum Gasteiger partial charge on any atom is 0.129 e. The fourth-order valence-electron chi connectivity index (χ4n) is 0.848. The van der Waals surface area contributed by atoms with Gasteiger partial charge in [0.25, 0.3) is 0 Å². The first-order valence-corrected chi connectivity index (χ1v) is 9.04. The lowest BCUT2D eigenvalue weighted by Crippen LogP contribution is -2.16. The molecule has 0 aliphatic rings. The molecule has 0 N–H and O–H groups in total. The molecule has 1 rings (SSSR count). The first-order chi connectivity index (χ1) is 6.38. The molecule has 74 valence electrons. The monoisotopic (exact) mass is 286 g/mol. The van der Waals surface area contributed by atoms with E-state index in [9.17, 15) is 0 Å². The molecule has 0 nitrogen and oxygen atoms in total. The summed E-state index contributed by atoms with van der Waals surface area (Å²) in [5, 5.41) is 0.730. The van der Waals surface area contributed by atoms with Crippen molar-refractivity contribution in [3.05, 3.63) is 33.3 Å². The van der Waals surface area contributed by atoms with Gasteiger partial charge in [0.1, 0.15) is 8.07 Å². The maximum atomic E-state index is 5.89. The van der Waals surface area contributed by atoms with Crippen molar-refractivity contribution < 1.29 is 0 Å². The standard InChI is InChI=1S/C11H12BrClSi/c1-14(2,3)7-6-9-8-10(13)4-5-11(9)12/h4-5,8H,1-3H3. The molecule has 1 aromatic rings. The van der Waals surface area contributed by atoms with Crippen molar-refractivity contribution in [2.45, 2.75) is 19.6 Å². The van der Waals surface area contributed by atoms with E-state index in [1.165, 1.54) is 0 Å². The Hall–Kier alpha value is -0.233. The van der Waals surface area contributed by atoms with Gasteiger partial charge in [-0.15, -0.1) is 5.54 Å². The van der Waals surface area contributed by atoms with Crippen LogP contribution in [0.5, 0.6) is 0 Å². The first kappa shape index (κ1) is 11.8. The Labute approximate surface area is 99.8 Å². The Balaban J connectivity index is 3.06. The average molecular weight is 288 g/mol. The van der Waals surface area contributed by atoms with Crippen LogP contribution in [-0.2, 0) is 0 Å². The van der Waals surface area contributed by atoms with Gasteiger partial charge in [0, 0.05) is 15.1 Å². The Morgan fingerprint density at radius 3 is 2.50 bits per heavy atom. The van der Waals surface area contributed by atoms with Gasteiger partial charge in [-0.3, -0.25) is 0 Å². The number of halogens is 2. The molecule has 0 spiro atoms. The molecule has 0 aliphatic carbocycles. The lowest BCUT2D eigenvalue weighted by molar-refractivity contribution is 1.59. The zero-order chi connectivity index (χ0) is 10.8. The van der Waals surface area contributed by atoms with Crippen molar-refractivity contribution >= 4 is 35.6 Å². The molecule has 0 saturated heterocycles. The molecule has 1 aromatic carbocycles. The summed E-state index contributed by atoms with van der Waals surface area (Å²) in [5.74, 6) is 3.17. The van der Waals surface area contributed by atoms with Gasteiger partial charge in [-0.2, -0.15) is 0 Å². The molecule has 0 amide bonds. The van der Waals surface area contributed by atoms with Crippen LogP contribution in [0.2, 0.25) is 24.7 Å². The topological polar surface area (TPSA) is 0 Å². The van der Waals surface area contributed by atoms with Gasteiger partial charge in [-0.05, 0) is 34.1 Å². The van der Waals surface area contributed by atoms with E-state index in [2.05, 4.69) is 47.0 Å². The van der Waals surface area contributed by atoms with Crippen LogP contribution in [-0.4, -0.2) is 8.07 Å². The van der Waals surface area contributed by atoms with E-state index in [4.69, 9.17) is 11.6 Å². The summed E-state index contributed by atoms with van der Waals surface area (Å²) in [5.41, 5.74) is 4.28. The minimum absolute atomic E-state index is 0.730. The van der Waals surface area contributed by atoms with E-state index in [0.29, 0.717) is 0 Å². The highest BCUT2D eigenvalue weighted by atomic mass is 79.9. The van der Waals surface area contributed by atoms with Crippen LogP contribution in [0.1, 0.15) is 5.56 Å². The van der Waals surface area contributed by atoms with Gasteiger partial charge in [0.2, 0.25) is 0 Å². The summed E-state index contributed by atoms with van der Waals surface area (Å²) in [7, 11) is -1.31. The molecule has 0 bridgehead atoms. The number of rotatable bonds is 0. The zero-order valence-corrected chi connectivity index (χ0v) is 11.8. The molecule has 0 aromatic heterocycles. The normalized spacial score (nSPS) is 10.6. The van der Waals surface area contributed by atoms with E-state index < -0.39 is 8.07 Å². The second-order valence-electron chi connectivity index (χ2n) is 4.12. The van der Waals surface area contributed by atoms with Crippen molar-refractivity contribution in [1.29, 1.82) is 0 Å². The molecule has 0 saturated carbocycles. The van der Waals surface area contributed by atoms with E-state index in [1.54, 1.807) is 0 Å². The summed E-state index contributed by atoms with van der Waals surface area (Å²) in [6.45, 7) is 6.66. The quantitative estimate of drug-likeness (QED) is 0.492. The van der Waals surface area contributed by atoms with Crippen molar-refractivity contribution in [2.75, 3.05) is 0 Å². The van der Waals surface area contributed by atoms with E-state index in [0.717, 1.165) is 15.1 Å². The van der Waals surface area contributed by atoms with Crippen LogP contribution < -0.4 is 0 Å². The first-order valence-electron chi connectivity index (χ1n) is 4.37. The third-order valence-corrected chi connectivity index (χ3v) is 3.30. The Morgan fingerprint density at radius 1 is 1.29 bits per heavy atom. The fourth-order valence-corrected chi connectivity index (χ4v) is 1.88. The van der Waals surface area contributed by atoms with Crippen LogP contribution in [0.25, 0.3) is 0 Å². The molecule has 0 atom stereocenters. The number of hydrogen-bond donors (Lipinski definition) is 0. The van der Waals surface area contributed by atoms with Crippen LogP contribution >= 0.6 is 27.5 Å².